The number of aromatic nitrogens is 1. The van der Waals surface area contributed by atoms with Crippen LogP contribution in [0, 0.1) is 6.92 Å². The zero-order valence-electron chi connectivity index (χ0n) is 9.78. The molecule has 16 heavy (non-hydrogen) atoms. The van der Waals surface area contributed by atoms with Crippen LogP contribution in [0.15, 0.2) is 0 Å². The monoisotopic (exact) mass is 255 g/mol. The van der Waals surface area contributed by atoms with E-state index in [0.717, 1.165) is 26.6 Å². The third-order valence-electron chi connectivity index (χ3n) is 2.91. The first-order chi connectivity index (χ1) is 7.66. The lowest BCUT2D eigenvalue weighted by Gasteiger charge is -2.05. The molecule has 1 aromatic heterocycles. The van der Waals surface area contributed by atoms with Gasteiger partial charge in [-0.1, -0.05) is 12.8 Å². The van der Waals surface area contributed by atoms with Crippen molar-refractivity contribution in [3.8, 4) is 0 Å². The van der Waals surface area contributed by atoms with Crippen LogP contribution in [-0.4, -0.2) is 16.0 Å². The van der Waals surface area contributed by atoms with E-state index < -0.39 is 0 Å². The maximum absolute atomic E-state index is 11.3. The van der Waals surface area contributed by atoms with Crippen molar-refractivity contribution in [1.82, 2.24) is 4.98 Å². The van der Waals surface area contributed by atoms with Gasteiger partial charge >= 0.3 is 0 Å². The molecule has 0 bridgehead atoms. The Morgan fingerprint density at radius 2 is 2.19 bits per heavy atom. The van der Waals surface area contributed by atoms with Crippen LogP contribution in [-0.2, 0) is 5.75 Å². The Morgan fingerprint density at radius 1 is 1.50 bits per heavy atom. The summed E-state index contributed by atoms with van der Waals surface area (Å²) in [6.07, 6.45) is 5.48. The minimum atomic E-state index is 0.145. The molecule has 88 valence electrons. The molecule has 0 radical (unpaired) electrons. The molecule has 0 amide bonds. The van der Waals surface area contributed by atoms with Crippen LogP contribution in [0.25, 0.3) is 0 Å². The summed E-state index contributed by atoms with van der Waals surface area (Å²) in [5.41, 5.74) is 0.902. The molecule has 4 heteroatoms. The molecule has 2 nitrogen and oxygen atoms in total. The van der Waals surface area contributed by atoms with E-state index in [2.05, 4.69) is 4.98 Å². The van der Waals surface area contributed by atoms with E-state index >= 15 is 0 Å². The van der Waals surface area contributed by atoms with Crippen LogP contribution in [0.4, 0.5) is 0 Å². The summed E-state index contributed by atoms with van der Waals surface area (Å²) in [6, 6.07) is 0. The standard InChI is InChI=1S/C12H17NOS2/c1-8-12(9(2)14)16-11(13-8)7-15-10-5-3-4-6-10/h10H,3-7H2,1-2H3. The number of hydrogen-bond acceptors (Lipinski definition) is 4. The Hall–Kier alpha value is -0.350. The number of thiazole rings is 1. The van der Waals surface area contributed by atoms with Gasteiger partial charge in [0.15, 0.2) is 5.78 Å². The maximum Gasteiger partial charge on any atom is 0.171 e. The number of rotatable bonds is 4. The molecule has 1 heterocycles. The number of Topliss-reactive ketones (excluding diaryl/α,β-unsaturated/α-hetero) is 1. The van der Waals surface area contributed by atoms with Gasteiger partial charge in [-0.2, -0.15) is 11.8 Å². The highest BCUT2D eigenvalue weighted by atomic mass is 32.2. The third kappa shape index (κ3) is 2.86. The molecule has 0 unspecified atom stereocenters. The average Bonchev–Trinajstić information content (AvgIpc) is 2.83. The molecule has 0 spiro atoms. The fourth-order valence-electron chi connectivity index (χ4n) is 2.08. The Morgan fingerprint density at radius 3 is 2.75 bits per heavy atom. The van der Waals surface area contributed by atoms with Crippen molar-refractivity contribution in [2.45, 2.75) is 50.5 Å². The Labute approximate surface area is 105 Å². The van der Waals surface area contributed by atoms with E-state index in [9.17, 15) is 4.79 Å². The number of thioether (sulfide) groups is 1. The summed E-state index contributed by atoms with van der Waals surface area (Å²) < 4.78 is 0. The van der Waals surface area contributed by atoms with E-state index in [0.29, 0.717) is 0 Å². The maximum atomic E-state index is 11.3. The van der Waals surface area contributed by atoms with E-state index in [1.807, 2.05) is 18.7 Å². The van der Waals surface area contributed by atoms with Gasteiger partial charge in [-0.3, -0.25) is 4.79 Å². The largest absolute Gasteiger partial charge is 0.294 e. The first-order valence-corrected chi connectivity index (χ1v) is 7.62. The van der Waals surface area contributed by atoms with Crippen molar-refractivity contribution in [2.24, 2.45) is 0 Å². The summed E-state index contributed by atoms with van der Waals surface area (Å²) >= 11 is 3.58. The summed E-state index contributed by atoms with van der Waals surface area (Å²) in [6.45, 7) is 3.55. The van der Waals surface area contributed by atoms with Crippen molar-refractivity contribution >= 4 is 28.9 Å². The SMILES string of the molecule is CC(=O)c1sc(CSC2CCCC2)nc1C. The summed E-state index contributed by atoms with van der Waals surface area (Å²) in [4.78, 5) is 16.6. The van der Waals surface area contributed by atoms with Gasteiger partial charge in [0.25, 0.3) is 0 Å². The molecule has 1 aliphatic rings. The van der Waals surface area contributed by atoms with Crippen LogP contribution in [0.5, 0.6) is 0 Å². The molecule has 0 aliphatic heterocycles. The van der Waals surface area contributed by atoms with Gasteiger partial charge in [0.2, 0.25) is 0 Å². The minimum absolute atomic E-state index is 0.145. The van der Waals surface area contributed by atoms with Gasteiger partial charge < -0.3 is 0 Å². The topological polar surface area (TPSA) is 30.0 Å². The Kier molecular flexibility index (Phi) is 4.03. The van der Waals surface area contributed by atoms with Crippen molar-refractivity contribution in [3.63, 3.8) is 0 Å². The van der Waals surface area contributed by atoms with E-state index in [1.165, 1.54) is 25.7 Å². The van der Waals surface area contributed by atoms with Crippen LogP contribution < -0.4 is 0 Å². The summed E-state index contributed by atoms with van der Waals surface area (Å²) in [5, 5.41) is 1.93. The second kappa shape index (κ2) is 5.32. The number of carbonyl (C=O) groups excluding carboxylic acids is 1. The van der Waals surface area contributed by atoms with Crippen LogP contribution >= 0.6 is 23.1 Å². The van der Waals surface area contributed by atoms with Gasteiger partial charge in [0, 0.05) is 17.9 Å². The van der Waals surface area contributed by atoms with Crippen molar-refractivity contribution in [3.05, 3.63) is 15.6 Å². The normalized spacial score (nSPS) is 16.9. The molecule has 1 aromatic rings. The zero-order valence-corrected chi connectivity index (χ0v) is 11.4. The Bertz CT molecular complexity index is 380. The molecule has 0 atom stereocenters. The second-order valence-electron chi connectivity index (χ2n) is 4.30. The molecule has 0 aromatic carbocycles. The van der Waals surface area contributed by atoms with Gasteiger partial charge in [0.05, 0.1) is 10.6 Å². The van der Waals surface area contributed by atoms with Gasteiger partial charge in [-0.05, 0) is 19.8 Å². The van der Waals surface area contributed by atoms with Crippen LogP contribution in [0.1, 0.15) is 53.0 Å². The number of nitrogens with zero attached hydrogens (tertiary/aromatic N) is 1. The zero-order chi connectivity index (χ0) is 11.5. The number of ketones is 1. The van der Waals surface area contributed by atoms with Crippen LogP contribution in [0.2, 0.25) is 0 Å². The lowest BCUT2D eigenvalue weighted by molar-refractivity contribution is 0.102. The fraction of sp³-hybridized carbons (Fsp3) is 0.667. The van der Waals surface area contributed by atoms with E-state index in [-0.39, 0.29) is 5.78 Å². The molecule has 1 aliphatic carbocycles. The lowest BCUT2D eigenvalue weighted by atomic mass is 10.3. The summed E-state index contributed by atoms with van der Waals surface area (Å²) in [5.74, 6) is 1.12. The van der Waals surface area contributed by atoms with Crippen molar-refractivity contribution in [1.29, 1.82) is 0 Å². The lowest BCUT2D eigenvalue weighted by Crippen LogP contribution is -1.94. The van der Waals surface area contributed by atoms with E-state index in [1.54, 1.807) is 18.3 Å². The molecule has 0 saturated heterocycles. The Balaban J connectivity index is 1.94. The average molecular weight is 255 g/mol. The number of hydrogen-bond donors (Lipinski definition) is 0. The smallest absolute Gasteiger partial charge is 0.171 e. The van der Waals surface area contributed by atoms with Crippen molar-refractivity contribution < 1.29 is 4.79 Å². The van der Waals surface area contributed by atoms with Gasteiger partial charge in [0.1, 0.15) is 5.01 Å². The predicted octanol–water partition coefficient (Wildman–Crippen LogP) is 3.83. The highest BCUT2D eigenvalue weighted by Crippen LogP contribution is 2.32. The molecule has 2 rings (SSSR count). The van der Waals surface area contributed by atoms with Crippen molar-refractivity contribution in [2.75, 3.05) is 0 Å². The van der Waals surface area contributed by atoms with Crippen LogP contribution in [0.3, 0.4) is 0 Å². The highest BCUT2D eigenvalue weighted by molar-refractivity contribution is 7.99. The quantitative estimate of drug-likeness (QED) is 0.766. The highest BCUT2D eigenvalue weighted by Gasteiger charge is 2.17. The molecular formula is C12H17NOS2. The minimum Gasteiger partial charge on any atom is -0.294 e. The van der Waals surface area contributed by atoms with Gasteiger partial charge in [-0.25, -0.2) is 4.98 Å². The molecule has 1 saturated carbocycles. The first-order valence-electron chi connectivity index (χ1n) is 5.75. The molecule has 1 fully saturated rings. The number of aryl methyl sites for hydroxylation is 1. The van der Waals surface area contributed by atoms with E-state index in [4.69, 9.17) is 0 Å². The summed E-state index contributed by atoms with van der Waals surface area (Å²) in [7, 11) is 0. The molecule has 0 N–H and O–H groups in total. The molecular weight excluding hydrogens is 238 g/mol. The van der Waals surface area contributed by atoms with Gasteiger partial charge in [-0.15, -0.1) is 11.3 Å². The third-order valence-corrected chi connectivity index (χ3v) is 5.73. The second-order valence-corrected chi connectivity index (χ2v) is 6.67. The fourth-order valence-corrected chi connectivity index (χ4v) is 4.39. The first kappa shape index (κ1) is 12.1. The number of carbonyl (C=O) groups is 1. The predicted molar refractivity (Wildman–Crippen MR) is 70.4 cm³/mol.